The molecule has 0 saturated carbocycles. The Labute approximate surface area is 121 Å². The molecule has 0 amide bonds. The monoisotopic (exact) mass is 288 g/mol. The summed E-state index contributed by atoms with van der Waals surface area (Å²) in [5, 5.41) is 28.7. The van der Waals surface area contributed by atoms with Crippen LogP contribution in [0.25, 0.3) is 0 Å². The van der Waals surface area contributed by atoms with Gasteiger partial charge in [-0.15, -0.1) is 0 Å². The summed E-state index contributed by atoms with van der Waals surface area (Å²) in [5.41, 5.74) is 0. The molecule has 5 heteroatoms. The molecule has 118 valence electrons. The van der Waals surface area contributed by atoms with Crippen LogP contribution in [0.5, 0.6) is 0 Å². The van der Waals surface area contributed by atoms with E-state index in [4.69, 9.17) is 9.47 Å². The molecule has 1 aliphatic rings. The van der Waals surface area contributed by atoms with Gasteiger partial charge >= 0.3 is 0 Å². The van der Waals surface area contributed by atoms with Crippen molar-refractivity contribution in [2.45, 2.75) is 63.4 Å². The van der Waals surface area contributed by atoms with Crippen LogP contribution in [0, 0.1) is 0 Å². The SMILES string of the molecule is CC/C=C/CCCCCOC[C@@H](O)[C@H]1OC[C@H](O)[C@H]1O. The number of rotatable bonds is 10. The fourth-order valence-corrected chi connectivity index (χ4v) is 2.19. The summed E-state index contributed by atoms with van der Waals surface area (Å²) < 4.78 is 10.5. The molecule has 1 aliphatic heterocycles. The third kappa shape index (κ3) is 6.33. The molecule has 0 bridgehead atoms. The van der Waals surface area contributed by atoms with Gasteiger partial charge in [0.1, 0.15) is 24.4 Å². The van der Waals surface area contributed by atoms with Crippen molar-refractivity contribution in [1.82, 2.24) is 0 Å². The fourth-order valence-electron chi connectivity index (χ4n) is 2.19. The molecule has 0 radical (unpaired) electrons. The second-order valence-electron chi connectivity index (χ2n) is 5.23. The zero-order valence-electron chi connectivity index (χ0n) is 12.3. The summed E-state index contributed by atoms with van der Waals surface area (Å²) in [6.07, 6.45) is 6.21. The summed E-state index contributed by atoms with van der Waals surface area (Å²) in [5.74, 6) is 0. The van der Waals surface area contributed by atoms with Crippen LogP contribution in [-0.4, -0.2) is 59.6 Å². The first kappa shape index (κ1) is 17.6. The molecule has 0 unspecified atom stereocenters. The summed E-state index contributed by atoms with van der Waals surface area (Å²) in [4.78, 5) is 0. The van der Waals surface area contributed by atoms with E-state index in [0.29, 0.717) is 6.61 Å². The van der Waals surface area contributed by atoms with E-state index < -0.39 is 24.4 Å². The van der Waals surface area contributed by atoms with E-state index in [1.165, 1.54) is 0 Å². The average Bonchev–Trinajstić information content (AvgIpc) is 2.77. The van der Waals surface area contributed by atoms with Crippen LogP contribution in [0.15, 0.2) is 12.2 Å². The smallest absolute Gasteiger partial charge is 0.114 e. The number of allylic oxidation sites excluding steroid dienone is 2. The maximum atomic E-state index is 9.81. The molecular formula is C15H28O5. The Morgan fingerprint density at radius 1 is 1.25 bits per heavy atom. The predicted molar refractivity (Wildman–Crippen MR) is 76.5 cm³/mol. The molecule has 0 spiro atoms. The minimum atomic E-state index is -1.03. The molecule has 5 nitrogen and oxygen atoms in total. The Balaban J connectivity index is 1.97. The first-order valence-electron chi connectivity index (χ1n) is 7.55. The van der Waals surface area contributed by atoms with Crippen molar-refractivity contribution in [2.75, 3.05) is 19.8 Å². The van der Waals surface area contributed by atoms with Crippen LogP contribution in [0.2, 0.25) is 0 Å². The van der Waals surface area contributed by atoms with Gasteiger partial charge in [-0.2, -0.15) is 0 Å². The average molecular weight is 288 g/mol. The Morgan fingerprint density at radius 3 is 2.70 bits per heavy atom. The van der Waals surface area contributed by atoms with Crippen LogP contribution >= 0.6 is 0 Å². The van der Waals surface area contributed by atoms with E-state index in [-0.39, 0.29) is 13.2 Å². The molecule has 1 heterocycles. The van der Waals surface area contributed by atoms with Gasteiger partial charge in [0.25, 0.3) is 0 Å². The van der Waals surface area contributed by atoms with Crippen LogP contribution < -0.4 is 0 Å². The predicted octanol–water partition coefficient (Wildman–Crippen LogP) is 1.01. The highest BCUT2D eigenvalue weighted by atomic mass is 16.5. The Morgan fingerprint density at radius 2 is 2.05 bits per heavy atom. The van der Waals surface area contributed by atoms with E-state index in [0.717, 1.165) is 32.1 Å². The van der Waals surface area contributed by atoms with Crippen LogP contribution in [-0.2, 0) is 9.47 Å². The van der Waals surface area contributed by atoms with Gasteiger partial charge in [-0.05, 0) is 25.7 Å². The second kappa shape index (κ2) is 10.3. The Hall–Kier alpha value is -0.460. The normalized spacial score (nSPS) is 28.3. The van der Waals surface area contributed by atoms with Gasteiger partial charge in [0.05, 0.1) is 13.2 Å². The van der Waals surface area contributed by atoms with Crippen LogP contribution in [0.3, 0.4) is 0 Å². The van der Waals surface area contributed by atoms with Crippen molar-refractivity contribution >= 4 is 0 Å². The molecule has 1 saturated heterocycles. The lowest BCUT2D eigenvalue weighted by atomic mass is 10.1. The van der Waals surface area contributed by atoms with Crippen molar-refractivity contribution in [3.05, 3.63) is 12.2 Å². The minimum Gasteiger partial charge on any atom is -0.388 e. The summed E-state index contributed by atoms with van der Waals surface area (Å²) in [7, 11) is 0. The third-order valence-electron chi connectivity index (χ3n) is 3.42. The molecule has 4 atom stereocenters. The molecule has 0 aliphatic carbocycles. The number of aliphatic hydroxyl groups is 3. The van der Waals surface area contributed by atoms with Gasteiger partial charge in [0, 0.05) is 6.61 Å². The quantitative estimate of drug-likeness (QED) is 0.413. The molecular weight excluding hydrogens is 260 g/mol. The maximum Gasteiger partial charge on any atom is 0.114 e. The Bertz CT molecular complexity index is 269. The number of unbranched alkanes of at least 4 members (excludes halogenated alkanes) is 3. The number of ether oxygens (including phenoxy) is 2. The molecule has 0 aromatic rings. The zero-order valence-corrected chi connectivity index (χ0v) is 12.3. The van der Waals surface area contributed by atoms with Crippen molar-refractivity contribution in [3.8, 4) is 0 Å². The summed E-state index contributed by atoms with van der Waals surface area (Å²) >= 11 is 0. The lowest BCUT2D eigenvalue weighted by Crippen LogP contribution is -2.40. The lowest BCUT2D eigenvalue weighted by molar-refractivity contribution is -0.0813. The largest absolute Gasteiger partial charge is 0.388 e. The number of hydrogen-bond donors (Lipinski definition) is 3. The van der Waals surface area contributed by atoms with E-state index in [2.05, 4.69) is 19.1 Å². The lowest BCUT2D eigenvalue weighted by Gasteiger charge is -2.20. The van der Waals surface area contributed by atoms with Gasteiger partial charge in [-0.3, -0.25) is 0 Å². The molecule has 0 aromatic carbocycles. The van der Waals surface area contributed by atoms with Crippen molar-refractivity contribution in [3.63, 3.8) is 0 Å². The second-order valence-corrected chi connectivity index (χ2v) is 5.23. The first-order valence-corrected chi connectivity index (χ1v) is 7.55. The van der Waals surface area contributed by atoms with Crippen LogP contribution in [0.4, 0.5) is 0 Å². The zero-order chi connectivity index (χ0) is 14.8. The molecule has 20 heavy (non-hydrogen) atoms. The van der Waals surface area contributed by atoms with Gasteiger partial charge in [-0.25, -0.2) is 0 Å². The topological polar surface area (TPSA) is 79.2 Å². The van der Waals surface area contributed by atoms with E-state index >= 15 is 0 Å². The van der Waals surface area contributed by atoms with E-state index in [9.17, 15) is 15.3 Å². The van der Waals surface area contributed by atoms with E-state index in [1.54, 1.807) is 0 Å². The highest BCUT2D eigenvalue weighted by Gasteiger charge is 2.39. The maximum absolute atomic E-state index is 9.81. The molecule has 1 fully saturated rings. The van der Waals surface area contributed by atoms with Crippen LogP contribution in [0.1, 0.15) is 39.0 Å². The Kier molecular flexibility index (Phi) is 9.05. The van der Waals surface area contributed by atoms with Gasteiger partial charge in [-0.1, -0.05) is 25.5 Å². The van der Waals surface area contributed by atoms with Gasteiger partial charge < -0.3 is 24.8 Å². The molecule has 0 aromatic heterocycles. The van der Waals surface area contributed by atoms with E-state index in [1.807, 2.05) is 0 Å². The van der Waals surface area contributed by atoms with Gasteiger partial charge in [0.15, 0.2) is 0 Å². The van der Waals surface area contributed by atoms with Crippen molar-refractivity contribution in [2.24, 2.45) is 0 Å². The fraction of sp³-hybridized carbons (Fsp3) is 0.867. The van der Waals surface area contributed by atoms with Gasteiger partial charge in [0.2, 0.25) is 0 Å². The first-order chi connectivity index (χ1) is 9.66. The third-order valence-corrected chi connectivity index (χ3v) is 3.42. The highest BCUT2D eigenvalue weighted by molar-refractivity contribution is 4.87. The summed E-state index contributed by atoms with van der Waals surface area (Å²) in [6, 6.07) is 0. The minimum absolute atomic E-state index is 0.0637. The van der Waals surface area contributed by atoms with Crippen molar-refractivity contribution in [1.29, 1.82) is 0 Å². The molecule has 3 N–H and O–H groups in total. The molecule has 1 rings (SSSR count). The van der Waals surface area contributed by atoms with Crippen molar-refractivity contribution < 1.29 is 24.8 Å². The summed E-state index contributed by atoms with van der Waals surface area (Å²) in [6.45, 7) is 2.91. The number of hydrogen-bond acceptors (Lipinski definition) is 5. The standard InChI is InChI=1S/C15H28O5/c1-2-3-4-5-6-7-8-9-19-10-13(17)15-14(18)12(16)11-20-15/h3-4,12-18H,2,5-11H2,1H3/b4-3+/t12-,13+,14+,15+/m0/s1. The number of aliphatic hydroxyl groups excluding tert-OH is 3. The highest BCUT2D eigenvalue weighted by Crippen LogP contribution is 2.17.